The van der Waals surface area contributed by atoms with E-state index in [9.17, 15) is 0 Å². The van der Waals surface area contributed by atoms with Gasteiger partial charge in [0.15, 0.2) is 17.7 Å². The van der Waals surface area contributed by atoms with Crippen LogP contribution in [0.15, 0.2) is 18.2 Å². The normalized spacial score (nSPS) is 14.5. The van der Waals surface area contributed by atoms with Gasteiger partial charge in [-0.2, -0.15) is 5.26 Å². The van der Waals surface area contributed by atoms with E-state index in [1.54, 1.807) is 13.3 Å². The highest BCUT2D eigenvalue weighted by Gasteiger charge is 2.18. The van der Waals surface area contributed by atoms with E-state index in [1.165, 1.54) is 12.8 Å². The first kappa shape index (κ1) is 15.2. The van der Waals surface area contributed by atoms with Crippen molar-refractivity contribution in [2.45, 2.75) is 44.6 Å². The lowest BCUT2D eigenvalue weighted by Gasteiger charge is -2.17. The number of benzene rings is 1. The Morgan fingerprint density at radius 3 is 2.81 bits per heavy atom. The molecular weight excluding hydrogens is 266 g/mol. The van der Waals surface area contributed by atoms with Crippen molar-refractivity contribution in [2.24, 2.45) is 0 Å². The van der Waals surface area contributed by atoms with Gasteiger partial charge in [0.2, 0.25) is 0 Å². The van der Waals surface area contributed by atoms with Gasteiger partial charge < -0.3 is 9.47 Å². The molecule has 0 aliphatic heterocycles. The maximum Gasteiger partial charge on any atom is 0.182 e. The summed E-state index contributed by atoms with van der Waals surface area (Å²) in [4.78, 5) is 0. The lowest BCUT2D eigenvalue weighted by atomic mass is 10.1. The Kier molecular flexibility index (Phi) is 5.44. The average Bonchev–Trinajstić information content (AvgIpc) is 2.99. The number of nitrogens with one attached hydrogen (secondary N) is 2. The van der Waals surface area contributed by atoms with Crippen LogP contribution in [0.3, 0.4) is 0 Å². The topological polar surface area (TPSA) is 78.1 Å². The largest absolute Gasteiger partial charge is 0.493 e. The summed E-state index contributed by atoms with van der Waals surface area (Å²) in [5.41, 5.74) is 1.08. The van der Waals surface area contributed by atoms with Gasteiger partial charge in [-0.15, -0.1) is 0 Å². The van der Waals surface area contributed by atoms with Gasteiger partial charge >= 0.3 is 0 Å². The molecule has 1 aromatic carbocycles. The van der Waals surface area contributed by atoms with Crippen molar-refractivity contribution in [3.63, 3.8) is 0 Å². The summed E-state index contributed by atoms with van der Waals surface area (Å²) >= 11 is 0. The van der Waals surface area contributed by atoms with Crippen molar-refractivity contribution in [2.75, 3.05) is 7.11 Å². The highest BCUT2D eigenvalue weighted by molar-refractivity contribution is 5.80. The van der Waals surface area contributed by atoms with Crippen LogP contribution in [0.1, 0.15) is 37.7 Å². The number of nitrogens with zero attached hydrogens (tertiary/aromatic N) is 1. The van der Waals surface area contributed by atoms with Crippen LogP contribution in [0, 0.1) is 16.9 Å². The lowest BCUT2D eigenvalue weighted by Crippen LogP contribution is -2.16. The number of hydrogen-bond donors (Lipinski definition) is 2. The predicted octanol–water partition coefficient (Wildman–Crippen LogP) is 3.00. The molecule has 0 heterocycles. The van der Waals surface area contributed by atoms with E-state index in [0.29, 0.717) is 12.8 Å². The summed E-state index contributed by atoms with van der Waals surface area (Å²) in [7, 11) is 1.64. The van der Waals surface area contributed by atoms with E-state index in [0.717, 1.165) is 29.9 Å². The first-order chi connectivity index (χ1) is 10.2. The van der Waals surface area contributed by atoms with Gasteiger partial charge in [0.1, 0.15) is 5.84 Å². The van der Waals surface area contributed by atoms with E-state index in [4.69, 9.17) is 20.1 Å². The van der Waals surface area contributed by atoms with Crippen molar-refractivity contribution in [1.82, 2.24) is 5.32 Å². The Morgan fingerprint density at radius 1 is 1.38 bits per heavy atom. The summed E-state index contributed by atoms with van der Waals surface area (Å²) in [5, 5.41) is 18.4. The molecule has 0 aromatic heterocycles. The van der Waals surface area contributed by atoms with Crippen LogP contribution >= 0.6 is 0 Å². The lowest BCUT2D eigenvalue weighted by molar-refractivity contribution is 0.200. The molecule has 0 radical (unpaired) electrons. The molecule has 1 aliphatic rings. The minimum absolute atomic E-state index is 0.228. The van der Waals surface area contributed by atoms with Gasteiger partial charge in [-0.05, 0) is 49.8 Å². The molecule has 1 saturated carbocycles. The molecule has 0 bridgehead atoms. The summed E-state index contributed by atoms with van der Waals surface area (Å²) < 4.78 is 11.4. The summed E-state index contributed by atoms with van der Waals surface area (Å²) in [5.74, 6) is 1.75. The maximum atomic E-state index is 8.47. The summed E-state index contributed by atoms with van der Waals surface area (Å²) in [6.45, 7) is 0. The first-order valence-electron chi connectivity index (χ1n) is 7.29. The molecule has 5 heteroatoms. The standard InChI is InChI=1S/C16H21N3O2/c1-20-14-8-6-12(7-9-16(18)19-11-17)10-15(14)21-13-4-2-3-5-13/h6,8,10,13H,2-5,7,9H2,1H3,(H2,18,19). The number of hydrogen-bond acceptors (Lipinski definition) is 4. The zero-order chi connectivity index (χ0) is 15.1. The molecule has 0 unspecified atom stereocenters. The van der Waals surface area contributed by atoms with Gasteiger partial charge in [-0.3, -0.25) is 10.7 Å². The van der Waals surface area contributed by atoms with Crippen LogP contribution in [0.4, 0.5) is 0 Å². The van der Waals surface area contributed by atoms with Crippen molar-refractivity contribution in [3.05, 3.63) is 23.8 Å². The Balaban J connectivity index is 2.02. The fourth-order valence-corrected chi connectivity index (χ4v) is 2.55. The molecule has 1 aromatic rings. The van der Waals surface area contributed by atoms with Gasteiger partial charge in [-0.25, -0.2) is 0 Å². The van der Waals surface area contributed by atoms with E-state index in [-0.39, 0.29) is 11.9 Å². The van der Waals surface area contributed by atoms with Crippen molar-refractivity contribution in [1.29, 1.82) is 10.7 Å². The maximum absolute atomic E-state index is 8.47. The van der Waals surface area contributed by atoms with E-state index >= 15 is 0 Å². The third kappa shape index (κ3) is 4.38. The Hall–Kier alpha value is -2.22. The van der Waals surface area contributed by atoms with Crippen LogP contribution in [-0.4, -0.2) is 19.0 Å². The summed E-state index contributed by atoms with van der Waals surface area (Å²) in [6, 6.07) is 5.86. The molecule has 112 valence electrons. The minimum atomic E-state index is 0.228. The van der Waals surface area contributed by atoms with Crippen molar-refractivity contribution in [3.8, 4) is 17.7 Å². The van der Waals surface area contributed by atoms with Gasteiger partial charge in [0.25, 0.3) is 0 Å². The fourth-order valence-electron chi connectivity index (χ4n) is 2.55. The highest BCUT2D eigenvalue weighted by Crippen LogP contribution is 2.32. The molecule has 2 N–H and O–H groups in total. The van der Waals surface area contributed by atoms with E-state index < -0.39 is 0 Å². The molecule has 1 fully saturated rings. The van der Waals surface area contributed by atoms with Gasteiger partial charge in [0, 0.05) is 6.42 Å². The summed E-state index contributed by atoms with van der Waals surface area (Å²) in [6.07, 6.45) is 7.90. The molecule has 21 heavy (non-hydrogen) atoms. The van der Waals surface area contributed by atoms with Crippen molar-refractivity contribution < 1.29 is 9.47 Å². The number of amidine groups is 1. The Morgan fingerprint density at radius 2 is 2.14 bits per heavy atom. The van der Waals surface area contributed by atoms with Crippen LogP contribution < -0.4 is 14.8 Å². The molecule has 1 aliphatic carbocycles. The van der Waals surface area contributed by atoms with E-state index in [2.05, 4.69) is 5.32 Å². The SMILES string of the molecule is COc1ccc(CCC(=N)NC#N)cc1OC1CCCC1. The molecule has 5 nitrogen and oxygen atoms in total. The van der Waals surface area contributed by atoms with Crippen LogP contribution in [-0.2, 0) is 6.42 Å². The van der Waals surface area contributed by atoms with Crippen LogP contribution in [0.2, 0.25) is 0 Å². The average molecular weight is 287 g/mol. The Labute approximate surface area is 125 Å². The molecule has 0 saturated heterocycles. The quantitative estimate of drug-likeness (QED) is 0.365. The molecular formula is C16H21N3O2. The first-order valence-corrected chi connectivity index (χ1v) is 7.29. The smallest absolute Gasteiger partial charge is 0.182 e. The third-order valence-electron chi connectivity index (χ3n) is 3.69. The third-order valence-corrected chi connectivity index (χ3v) is 3.69. The number of aryl methyl sites for hydroxylation is 1. The second kappa shape index (κ2) is 7.53. The van der Waals surface area contributed by atoms with Crippen LogP contribution in [0.25, 0.3) is 0 Å². The number of nitriles is 1. The molecule has 0 spiro atoms. The molecule has 0 amide bonds. The molecule has 0 atom stereocenters. The van der Waals surface area contributed by atoms with Gasteiger partial charge in [-0.1, -0.05) is 6.07 Å². The highest BCUT2D eigenvalue weighted by atomic mass is 16.5. The van der Waals surface area contributed by atoms with E-state index in [1.807, 2.05) is 18.2 Å². The second-order valence-corrected chi connectivity index (χ2v) is 5.22. The fraction of sp³-hybridized carbons (Fsp3) is 0.500. The monoisotopic (exact) mass is 287 g/mol. The number of methoxy groups -OCH3 is 1. The predicted molar refractivity (Wildman–Crippen MR) is 80.7 cm³/mol. The molecule has 2 rings (SSSR count). The van der Waals surface area contributed by atoms with Crippen molar-refractivity contribution >= 4 is 5.84 Å². The zero-order valence-electron chi connectivity index (χ0n) is 12.3. The number of rotatable bonds is 6. The number of ether oxygens (including phenoxy) is 2. The second-order valence-electron chi connectivity index (χ2n) is 5.22. The Bertz CT molecular complexity index is 531. The van der Waals surface area contributed by atoms with Crippen LogP contribution in [0.5, 0.6) is 11.5 Å². The zero-order valence-corrected chi connectivity index (χ0v) is 12.3. The van der Waals surface area contributed by atoms with Gasteiger partial charge in [0.05, 0.1) is 13.2 Å². The minimum Gasteiger partial charge on any atom is -0.493 e.